The maximum Gasteiger partial charge on any atom is 0.312 e. The van der Waals surface area contributed by atoms with Crippen LogP contribution in [0, 0.1) is 5.92 Å². The van der Waals surface area contributed by atoms with Gasteiger partial charge in [-0.3, -0.25) is 19.2 Å². The standard InChI is InChI=1S/C24H24N2O7/c1-14(27)16-3-5-18(6-4-16)25-23(29)15(2)33-24(30)17-11-22(28)26(13-17)19-7-8-20-21(12-19)32-10-9-31-20/h3-8,12,15,17H,9-11,13H2,1-2H3,(H,25,29)/t15-,17-/m1/s1. The SMILES string of the molecule is CC(=O)c1ccc(NC(=O)[C@@H](C)OC(=O)[C@@H]2CC(=O)N(c3ccc4c(c3)OCCO4)C2)cc1. The minimum atomic E-state index is -1.05. The molecule has 0 saturated carbocycles. The minimum absolute atomic E-state index is 0.00583. The van der Waals surface area contributed by atoms with E-state index in [0.29, 0.717) is 41.7 Å². The Morgan fingerprint density at radius 1 is 1.06 bits per heavy atom. The van der Waals surface area contributed by atoms with E-state index in [0.717, 1.165) is 0 Å². The van der Waals surface area contributed by atoms with Gasteiger partial charge in [0.1, 0.15) is 13.2 Å². The Morgan fingerprint density at radius 2 is 1.76 bits per heavy atom. The molecule has 0 aliphatic carbocycles. The number of anilines is 2. The topological polar surface area (TPSA) is 111 Å². The summed E-state index contributed by atoms with van der Waals surface area (Å²) in [5, 5.41) is 2.65. The number of nitrogens with one attached hydrogen (secondary N) is 1. The summed E-state index contributed by atoms with van der Waals surface area (Å²) in [4.78, 5) is 50.4. The van der Waals surface area contributed by atoms with Crippen LogP contribution in [0.3, 0.4) is 0 Å². The Balaban J connectivity index is 1.34. The first-order valence-corrected chi connectivity index (χ1v) is 10.6. The molecule has 0 unspecified atom stereocenters. The Bertz CT molecular complexity index is 1100. The van der Waals surface area contributed by atoms with Crippen molar-refractivity contribution < 1.29 is 33.4 Å². The maximum atomic E-state index is 12.6. The first-order chi connectivity index (χ1) is 15.8. The van der Waals surface area contributed by atoms with Crippen LogP contribution in [0.2, 0.25) is 0 Å². The lowest BCUT2D eigenvalue weighted by Gasteiger charge is -2.22. The van der Waals surface area contributed by atoms with Gasteiger partial charge in [0.25, 0.3) is 5.91 Å². The molecule has 0 spiro atoms. The van der Waals surface area contributed by atoms with Gasteiger partial charge in [0.15, 0.2) is 23.4 Å². The summed E-state index contributed by atoms with van der Waals surface area (Å²) in [5.41, 5.74) is 1.62. The summed E-state index contributed by atoms with van der Waals surface area (Å²) in [7, 11) is 0. The lowest BCUT2D eigenvalue weighted by molar-refractivity contribution is -0.157. The highest BCUT2D eigenvalue weighted by molar-refractivity contribution is 6.01. The fourth-order valence-electron chi connectivity index (χ4n) is 3.67. The van der Waals surface area contributed by atoms with Gasteiger partial charge >= 0.3 is 5.97 Å². The summed E-state index contributed by atoms with van der Waals surface area (Å²) in [6.07, 6.45) is -1.06. The van der Waals surface area contributed by atoms with Gasteiger partial charge < -0.3 is 24.4 Å². The number of benzene rings is 2. The molecule has 33 heavy (non-hydrogen) atoms. The van der Waals surface area contributed by atoms with Crippen molar-refractivity contribution in [2.75, 3.05) is 30.0 Å². The number of ketones is 1. The average molecular weight is 452 g/mol. The summed E-state index contributed by atoms with van der Waals surface area (Å²) in [5.74, 6) is -0.925. The van der Waals surface area contributed by atoms with Crippen LogP contribution in [-0.4, -0.2) is 49.4 Å². The van der Waals surface area contributed by atoms with Gasteiger partial charge in [0.05, 0.1) is 5.92 Å². The van der Waals surface area contributed by atoms with Crippen LogP contribution in [0.5, 0.6) is 11.5 Å². The third-order valence-electron chi connectivity index (χ3n) is 5.52. The number of hydrogen-bond donors (Lipinski definition) is 1. The highest BCUT2D eigenvalue weighted by Gasteiger charge is 2.37. The molecule has 4 rings (SSSR count). The van der Waals surface area contributed by atoms with Crippen molar-refractivity contribution in [3.63, 3.8) is 0 Å². The smallest absolute Gasteiger partial charge is 0.312 e. The minimum Gasteiger partial charge on any atom is -0.486 e. The third-order valence-corrected chi connectivity index (χ3v) is 5.52. The van der Waals surface area contributed by atoms with E-state index < -0.39 is 23.9 Å². The number of carbonyl (C=O) groups is 4. The van der Waals surface area contributed by atoms with Gasteiger partial charge in [0.2, 0.25) is 5.91 Å². The number of amides is 2. The van der Waals surface area contributed by atoms with Crippen molar-refractivity contribution in [2.24, 2.45) is 5.92 Å². The third kappa shape index (κ3) is 4.97. The van der Waals surface area contributed by atoms with Crippen molar-refractivity contribution in [3.05, 3.63) is 48.0 Å². The normalized spacial score (nSPS) is 17.9. The molecule has 0 bridgehead atoms. The molecule has 172 valence electrons. The van der Waals surface area contributed by atoms with Gasteiger partial charge in [-0.1, -0.05) is 0 Å². The number of Topliss-reactive ketones (excluding diaryl/α,β-unsaturated/α-hetero) is 1. The fourth-order valence-corrected chi connectivity index (χ4v) is 3.67. The van der Waals surface area contributed by atoms with Gasteiger partial charge in [-0.15, -0.1) is 0 Å². The van der Waals surface area contributed by atoms with Crippen molar-refractivity contribution in [1.82, 2.24) is 0 Å². The molecule has 2 atom stereocenters. The lowest BCUT2D eigenvalue weighted by Crippen LogP contribution is -2.33. The van der Waals surface area contributed by atoms with E-state index in [1.54, 1.807) is 42.5 Å². The number of rotatable bonds is 6. The zero-order chi connectivity index (χ0) is 23.5. The highest BCUT2D eigenvalue weighted by atomic mass is 16.6. The number of nitrogens with zero attached hydrogens (tertiary/aromatic N) is 1. The van der Waals surface area contributed by atoms with E-state index in [1.807, 2.05) is 0 Å². The Kier molecular flexibility index (Phi) is 6.30. The first kappa shape index (κ1) is 22.3. The zero-order valence-corrected chi connectivity index (χ0v) is 18.3. The Morgan fingerprint density at radius 3 is 2.45 bits per heavy atom. The largest absolute Gasteiger partial charge is 0.486 e. The molecule has 9 nitrogen and oxygen atoms in total. The highest BCUT2D eigenvalue weighted by Crippen LogP contribution is 2.36. The van der Waals surface area contributed by atoms with E-state index in [9.17, 15) is 19.2 Å². The molecule has 1 N–H and O–H groups in total. The van der Waals surface area contributed by atoms with Gasteiger partial charge in [-0.05, 0) is 50.2 Å². The van der Waals surface area contributed by atoms with Crippen molar-refractivity contribution in [2.45, 2.75) is 26.4 Å². The lowest BCUT2D eigenvalue weighted by atomic mass is 10.1. The predicted octanol–water partition coefficient (Wildman–Crippen LogP) is 2.58. The molecular formula is C24H24N2O7. The average Bonchev–Trinajstić information content (AvgIpc) is 3.20. The van der Waals surface area contributed by atoms with Crippen molar-refractivity contribution >= 4 is 34.9 Å². The second kappa shape index (κ2) is 9.32. The van der Waals surface area contributed by atoms with Crippen LogP contribution in [-0.2, 0) is 19.1 Å². The first-order valence-electron chi connectivity index (χ1n) is 10.6. The van der Waals surface area contributed by atoms with Crippen LogP contribution in [0.15, 0.2) is 42.5 Å². The van der Waals surface area contributed by atoms with Crippen molar-refractivity contribution in [1.29, 1.82) is 0 Å². The number of ether oxygens (including phenoxy) is 3. The summed E-state index contributed by atoms with van der Waals surface area (Å²) < 4.78 is 16.4. The number of hydrogen-bond acceptors (Lipinski definition) is 7. The van der Waals surface area contributed by atoms with E-state index in [4.69, 9.17) is 14.2 Å². The summed E-state index contributed by atoms with van der Waals surface area (Å²) >= 11 is 0. The van der Waals surface area contributed by atoms with Crippen LogP contribution in [0.25, 0.3) is 0 Å². The van der Waals surface area contributed by atoms with Crippen LogP contribution < -0.4 is 19.7 Å². The molecule has 0 radical (unpaired) electrons. The van der Waals surface area contributed by atoms with E-state index >= 15 is 0 Å². The molecule has 2 aromatic carbocycles. The Hall–Kier alpha value is -3.88. The molecule has 1 saturated heterocycles. The maximum absolute atomic E-state index is 12.6. The van der Waals surface area contributed by atoms with Gasteiger partial charge in [0, 0.05) is 36.0 Å². The monoisotopic (exact) mass is 452 g/mol. The molecule has 2 aliphatic heterocycles. The van der Waals surface area contributed by atoms with Crippen LogP contribution in [0.4, 0.5) is 11.4 Å². The quantitative estimate of drug-likeness (QED) is 0.530. The molecular weight excluding hydrogens is 428 g/mol. The van der Waals surface area contributed by atoms with Gasteiger partial charge in [-0.25, -0.2) is 0 Å². The van der Waals surface area contributed by atoms with E-state index in [2.05, 4.69) is 5.32 Å². The van der Waals surface area contributed by atoms with Crippen molar-refractivity contribution in [3.8, 4) is 11.5 Å². The number of esters is 1. The summed E-state index contributed by atoms with van der Waals surface area (Å²) in [6, 6.07) is 11.6. The molecule has 2 heterocycles. The van der Waals surface area contributed by atoms with Crippen LogP contribution >= 0.6 is 0 Å². The van der Waals surface area contributed by atoms with E-state index in [1.165, 1.54) is 18.7 Å². The number of carbonyl (C=O) groups excluding carboxylic acids is 4. The molecule has 2 amide bonds. The van der Waals surface area contributed by atoms with Crippen LogP contribution in [0.1, 0.15) is 30.6 Å². The summed E-state index contributed by atoms with van der Waals surface area (Å²) in [6.45, 7) is 3.97. The van der Waals surface area contributed by atoms with Gasteiger partial charge in [-0.2, -0.15) is 0 Å². The Labute approximate surface area is 190 Å². The second-order valence-corrected chi connectivity index (χ2v) is 7.94. The number of fused-ring (bicyclic) bond motifs is 1. The predicted molar refractivity (Wildman–Crippen MR) is 119 cm³/mol. The molecule has 1 fully saturated rings. The zero-order valence-electron chi connectivity index (χ0n) is 18.3. The molecule has 0 aromatic heterocycles. The molecule has 2 aliphatic rings. The van der Waals surface area contributed by atoms with E-state index in [-0.39, 0.29) is 24.7 Å². The molecule has 9 heteroatoms. The second-order valence-electron chi connectivity index (χ2n) is 7.94. The fraction of sp³-hybridized carbons (Fsp3) is 0.333. The molecule has 2 aromatic rings.